The normalized spacial score (nSPS) is 21.3. The van der Waals surface area contributed by atoms with Crippen molar-refractivity contribution in [3.8, 4) is 5.75 Å². The Kier molecular flexibility index (Phi) is 6.99. The standard InChI is InChI=1S/C23H30ClNO/c1-17-5-3-7-22(13-17)26-23-8-4-6-20(14-23)18(2)15-25-16-19-9-11-21(24)12-10-19/h3,5,7,9-13,18,20,23,25H,4,6,8,14-16H2,1-2H3. The van der Waals surface area contributed by atoms with Crippen LogP contribution in [0.25, 0.3) is 0 Å². The lowest BCUT2D eigenvalue weighted by atomic mass is 9.79. The van der Waals surface area contributed by atoms with Gasteiger partial charge in [0.15, 0.2) is 0 Å². The van der Waals surface area contributed by atoms with Gasteiger partial charge in [0, 0.05) is 11.6 Å². The van der Waals surface area contributed by atoms with Crippen molar-refractivity contribution in [1.82, 2.24) is 5.32 Å². The molecule has 0 amide bonds. The van der Waals surface area contributed by atoms with Gasteiger partial charge in [0.05, 0.1) is 6.10 Å². The maximum atomic E-state index is 6.27. The summed E-state index contributed by atoms with van der Waals surface area (Å²) in [5, 5.41) is 4.40. The van der Waals surface area contributed by atoms with Gasteiger partial charge in [0.25, 0.3) is 0 Å². The smallest absolute Gasteiger partial charge is 0.119 e. The van der Waals surface area contributed by atoms with Gasteiger partial charge in [-0.15, -0.1) is 0 Å². The topological polar surface area (TPSA) is 21.3 Å². The summed E-state index contributed by atoms with van der Waals surface area (Å²) in [6.45, 7) is 6.43. The van der Waals surface area contributed by atoms with Gasteiger partial charge in [-0.05, 0) is 86.4 Å². The van der Waals surface area contributed by atoms with Crippen molar-refractivity contribution in [3.05, 3.63) is 64.7 Å². The second kappa shape index (κ2) is 9.43. The number of hydrogen-bond donors (Lipinski definition) is 1. The molecule has 1 N–H and O–H groups in total. The van der Waals surface area contributed by atoms with E-state index in [4.69, 9.17) is 16.3 Å². The van der Waals surface area contributed by atoms with Crippen LogP contribution in [-0.4, -0.2) is 12.6 Å². The first-order valence-electron chi connectivity index (χ1n) is 9.78. The van der Waals surface area contributed by atoms with Gasteiger partial charge in [0.1, 0.15) is 5.75 Å². The maximum absolute atomic E-state index is 6.27. The SMILES string of the molecule is Cc1cccc(OC2CCCC(C(C)CNCc3ccc(Cl)cc3)C2)c1. The van der Waals surface area contributed by atoms with Crippen molar-refractivity contribution in [1.29, 1.82) is 0 Å². The van der Waals surface area contributed by atoms with Crippen molar-refractivity contribution in [3.63, 3.8) is 0 Å². The van der Waals surface area contributed by atoms with E-state index in [1.54, 1.807) is 0 Å². The molecule has 2 aromatic rings. The first kappa shape index (κ1) is 19.3. The molecule has 0 bridgehead atoms. The van der Waals surface area contributed by atoms with Crippen LogP contribution in [0.15, 0.2) is 48.5 Å². The van der Waals surface area contributed by atoms with Crippen LogP contribution < -0.4 is 10.1 Å². The molecule has 2 nitrogen and oxygen atoms in total. The van der Waals surface area contributed by atoms with Crippen LogP contribution in [-0.2, 0) is 6.54 Å². The molecule has 0 radical (unpaired) electrons. The molecule has 0 saturated heterocycles. The summed E-state index contributed by atoms with van der Waals surface area (Å²) >= 11 is 5.95. The number of nitrogens with one attached hydrogen (secondary N) is 1. The lowest BCUT2D eigenvalue weighted by molar-refractivity contribution is 0.102. The molecule has 3 heteroatoms. The van der Waals surface area contributed by atoms with Crippen molar-refractivity contribution < 1.29 is 4.74 Å². The monoisotopic (exact) mass is 371 g/mol. The Morgan fingerprint density at radius 2 is 1.96 bits per heavy atom. The molecule has 1 fully saturated rings. The zero-order valence-corrected chi connectivity index (χ0v) is 16.6. The van der Waals surface area contributed by atoms with Gasteiger partial charge in [0.2, 0.25) is 0 Å². The van der Waals surface area contributed by atoms with Gasteiger partial charge in [-0.25, -0.2) is 0 Å². The summed E-state index contributed by atoms with van der Waals surface area (Å²) in [5.74, 6) is 2.41. The fraction of sp³-hybridized carbons (Fsp3) is 0.478. The maximum Gasteiger partial charge on any atom is 0.119 e. The molecule has 26 heavy (non-hydrogen) atoms. The third-order valence-electron chi connectivity index (χ3n) is 5.47. The van der Waals surface area contributed by atoms with Gasteiger partial charge in [-0.3, -0.25) is 0 Å². The van der Waals surface area contributed by atoms with Crippen LogP contribution >= 0.6 is 11.6 Å². The molecule has 140 valence electrons. The Morgan fingerprint density at radius 1 is 1.15 bits per heavy atom. The lowest BCUT2D eigenvalue weighted by Crippen LogP contribution is -2.33. The minimum absolute atomic E-state index is 0.356. The molecule has 1 saturated carbocycles. The Bertz CT molecular complexity index is 685. The Morgan fingerprint density at radius 3 is 2.73 bits per heavy atom. The Labute approximate surface area is 162 Å². The molecule has 0 spiro atoms. The van der Waals surface area contributed by atoms with Gasteiger partial charge in [-0.1, -0.05) is 42.8 Å². The predicted molar refractivity (Wildman–Crippen MR) is 110 cm³/mol. The Hall–Kier alpha value is -1.51. The van der Waals surface area contributed by atoms with Crippen LogP contribution in [0.1, 0.15) is 43.7 Å². The lowest BCUT2D eigenvalue weighted by Gasteiger charge is -2.33. The molecule has 3 atom stereocenters. The summed E-state index contributed by atoms with van der Waals surface area (Å²) in [4.78, 5) is 0. The van der Waals surface area contributed by atoms with E-state index in [1.807, 2.05) is 12.1 Å². The van der Waals surface area contributed by atoms with Crippen LogP contribution in [0, 0.1) is 18.8 Å². The van der Waals surface area contributed by atoms with Crippen molar-refractivity contribution in [2.45, 2.75) is 52.2 Å². The molecular weight excluding hydrogens is 342 g/mol. The van der Waals surface area contributed by atoms with E-state index in [2.05, 4.69) is 55.6 Å². The second-order valence-electron chi connectivity index (χ2n) is 7.72. The zero-order valence-electron chi connectivity index (χ0n) is 15.9. The fourth-order valence-corrected chi connectivity index (χ4v) is 4.03. The minimum Gasteiger partial charge on any atom is -0.490 e. The van der Waals surface area contributed by atoms with E-state index >= 15 is 0 Å². The fourth-order valence-electron chi connectivity index (χ4n) is 3.90. The van der Waals surface area contributed by atoms with Crippen LogP contribution in [0.2, 0.25) is 5.02 Å². The van der Waals surface area contributed by atoms with Crippen LogP contribution in [0.5, 0.6) is 5.75 Å². The van der Waals surface area contributed by atoms with Crippen LogP contribution in [0.4, 0.5) is 0 Å². The molecule has 0 aromatic heterocycles. The van der Waals surface area contributed by atoms with E-state index in [9.17, 15) is 0 Å². The average Bonchev–Trinajstić information content (AvgIpc) is 2.63. The van der Waals surface area contributed by atoms with Crippen molar-refractivity contribution in [2.75, 3.05) is 6.54 Å². The molecular formula is C23H30ClNO. The molecule has 3 unspecified atom stereocenters. The number of halogens is 1. The summed E-state index contributed by atoms with van der Waals surface area (Å²) < 4.78 is 6.27. The molecule has 3 rings (SSSR count). The van der Waals surface area contributed by atoms with E-state index in [1.165, 1.54) is 30.4 Å². The van der Waals surface area contributed by atoms with E-state index in [-0.39, 0.29) is 0 Å². The number of aryl methyl sites for hydroxylation is 1. The highest BCUT2D eigenvalue weighted by molar-refractivity contribution is 6.30. The van der Waals surface area contributed by atoms with Gasteiger partial charge < -0.3 is 10.1 Å². The second-order valence-corrected chi connectivity index (χ2v) is 8.15. The van der Waals surface area contributed by atoms with Gasteiger partial charge >= 0.3 is 0 Å². The third kappa shape index (κ3) is 5.75. The summed E-state index contributed by atoms with van der Waals surface area (Å²) in [6, 6.07) is 16.5. The molecule has 2 aromatic carbocycles. The molecule has 0 aliphatic heterocycles. The molecule has 1 aliphatic carbocycles. The molecule has 1 aliphatic rings. The zero-order chi connectivity index (χ0) is 18.4. The average molecular weight is 372 g/mol. The van der Waals surface area contributed by atoms with E-state index in [0.29, 0.717) is 12.0 Å². The first-order chi connectivity index (χ1) is 12.6. The number of benzene rings is 2. The highest BCUT2D eigenvalue weighted by atomic mass is 35.5. The highest BCUT2D eigenvalue weighted by Gasteiger charge is 2.27. The number of rotatable bonds is 7. The quantitative estimate of drug-likeness (QED) is 0.643. The van der Waals surface area contributed by atoms with E-state index in [0.717, 1.165) is 36.2 Å². The van der Waals surface area contributed by atoms with E-state index < -0.39 is 0 Å². The number of ether oxygens (including phenoxy) is 1. The van der Waals surface area contributed by atoms with Crippen LogP contribution in [0.3, 0.4) is 0 Å². The van der Waals surface area contributed by atoms with Crippen molar-refractivity contribution >= 4 is 11.6 Å². The largest absolute Gasteiger partial charge is 0.490 e. The third-order valence-corrected chi connectivity index (χ3v) is 5.72. The highest BCUT2D eigenvalue weighted by Crippen LogP contribution is 2.32. The summed E-state index contributed by atoms with van der Waals surface area (Å²) in [6.07, 6.45) is 5.28. The number of hydrogen-bond acceptors (Lipinski definition) is 2. The first-order valence-corrected chi connectivity index (χ1v) is 10.2. The molecule has 0 heterocycles. The van der Waals surface area contributed by atoms with Gasteiger partial charge in [-0.2, -0.15) is 0 Å². The minimum atomic E-state index is 0.356. The summed E-state index contributed by atoms with van der Waals surface area (Å²) in [7, 11) is 0. The Balaban J connectivity index is 1.45. The predicted octanol–water partition coefficient (Wildman–Crippen LogP) is 6.01. The van der Waals surface area contributed by atoms with Crippen molar-refractivity contribution in [2.24, 2.45) is 11.8 Å². The summed E-state index contributed by atoms with van der Waals surface area (Å²) in [5.41, 5.74) is 2.54.